The summed E-state index contributed by atoms with van der Waals surface area (Å²) in [5, 5.41) is 3.50. The van der Waals surface area contributed by atoms with Gasteiger partial charge in [-0.05, 0) is 60.3 Å². The van der Waals surface area contributed by atoms with Crippen LogP contribution in [-0.4, -0.2) is 13.1 Å². The molecule has 1 spiro atoms. The van der Waals surface area contributed by atoms with E-state index in [0.29, 0.717) is 0 Å². The van der Waals surface area contributed by atoms with Crippen molar-refractivity contribution < 1.29 is 0 Å². The number of hydrogen-bond acceptors (Lipinski definition) is 1. The summed E-state index contributed by atoms with van der Waals surface area (Å²) in [5.74, 6) is 0. The first kappa shape index (κ1) is 11.7. The topological polar surface area (TPSA) is 12.0 Å². The maximum Gasteiger partial charge on any atom is 0.0239 e. The summed E-state index contributed by atoms with van der Waals surface area (Å²) in [4.78, 5) is 0. The summed E-state index contributed by atoms with van der Waals surface area (Å²) in [6.45, 7) is 2.22. The first-order valence-corrected chi connectivity index (χ1v) is 7.71. The Bertz CT molecular complexity index is 641. The van der Waals surface area contributed by atoms with Crippen LogP contribution in [0, 0.1) is 0 Å². The van der Waals surface area contributed by atoms with E-state index in [9.17, 15) is 0 Å². The van der Waals surface area contributed by atoms with E-state index < -0.39 is 0 Å². The molecule has 0 aromatic heterocycles. The zero-order valence-electron chi connectivity index (χ0n) is 10.7. The summed E-state index contributed by atoms with van der Waals surface area (Å²) in [7, 11) is 0. The van der Waals surface area contributed by atoms with Crippen molar-refractivity contribution in [2.75, 3.05) is 13.1 Å². The molecule has 0 saturated carbocycles. The lowest BCUT2D eigenvalue weighted by atomic mass is 9.71. The van der Waals surface area contributed by atoms with Crippen molar-refractivity contribution in [1.82, 2.24) is 5.32 Å². The van der Waals surface area contributed by atoms with Gasteiger partial charge in [-0.1, -0.05) is 46.3 Å². The molecule has 1 nitrogen and oxygen atoms in total. The molecular formula is C17H16BrN. The molecule has 2 heteroatoms. The van der Waals surface area contributed by atoms with E-state index in [4.69, 9.17) is 0 Å². The molecule has 1 heterocycles. The quantitative estimate of drug-likeness (QED) is 0.772. The third kappa shape index (κ3) is 1.56. The van der Waals surface area contributed by atoms with Crippen molar-refractivity contribution in [3.63, 3.8) is 0 Å². The molecule has 0 amide bonds. The summed E-state index contributed by atoms with van der Waals surface area (Å²) >= 11 is 3.64. The molecule has 0 radical (unpaired) electrons. The molecule has 0 atom stereocenters. The highest BCUT2D eigenvalue weighted by Crippen LogP contribution is 2.53. The van der Waals surface area contributed by atoms with Crippen molar-refractivity contribution in [3.8, 4) is 11.1 Å². The average Bonchev–Trinajstić information content (AvgIpc) is 2.71. The maximum atomic E-state index is 3.64. The van der Waals surface area contributed by atoms with E-state index in [-0.39, 0.29) is 5.41 Å². The van der Waals surface area contributed by atoms with Crippen LogP contribution >= 0.6 is 15.9 Å². The van der Waals surface area contributed by atoms with Gasteiger partial charge in [-0.3, -0.25) is 0 Å². The highest BCUT2D eigenvalue weighted by atomic mass is 79.9. The Labute approximate surface area is 122 Å². The summed E-state index contributed by atoms with van der Waals surface area (Å²) in [5.41, 5.74) is 6.16. The molecule has 4 rings (SSSR count). The second-order valence-corrected chi connectivity index (χ2v) is 6.48. The number of benzene rings is 2. The van der Waals surface area contributed by atoms with Crippen LogP contribution in [0.15, 0.2) is 46.9 Å². The zero-order valence-corrected chi connectivity index (χ0v) is 12.3. The van der Waals surface area contributed by atoms with Crippen LogP contribution in [0.4, 0.5) is 0 Å². The minimum atomic E-state index is 0.237. The predicted octanol–water partition coefficient (Wildman–Crippen LogP) is 4.10. The number of hydrogen-bond donors (Lipinski definition) is 1. The van der Waals surface area contributed by atoms with E-state index in [1.807, 2.05) is 0 Å². The van der Waals surface area contributed by atoms with Crippen LogP contribution in [0.3, 0.4) is 0 Å². The fourth-order valence-corrected chi connectivity index (χ4v) is 4.18. The van der Waals surface area contributed by atoms with Crippen LogP contribution in [0.1, 0.15) is 24.0 Å². The predicted molar refractivity (Wildman–Crippen MR) is 82.5 cm³/mol. The van der Waals surface area contributed by atoms with Gasteiger partial charge in [0.25, 0.3) is 0 Å². The van der Waals surface area contributed by atoms with Crippen LogP contribution in [0.5, 0.6) is 0 Å². The third-order valence-electron chi connectivity index (χ3n) is 4.69. The number of piperidine rings is 1. The Kier molecular flexibility index (Phi) is 2.58. The fraction of sp³-hybridized carbons (Fsp3) is 0.294. The van der Waals surface area contributed by atoms with Crippen LogP contribution < -0.4 is 5.32 Å². The molecule has 2 aromatic rings. The zero-order chi connectivity index (χ0) is 12.9. The largest absolute Gasteiger partial charge is 0.317 e. The monoisotopic (exact) mass is 313 g/mol. The van der Waals surface area contributed by atoms with Gasteiger partial charge in [-0.25, -0.2) is 0 Å². The number of nitrogens with one attached hydrogen (secondary N) is 1. The smallest absolute Gasteiger partial charge is 0.0239 e. The minimum Gasteiger partial charge on any atom is -0.317 e. The van der Waals surface area contributed by atoms with Crippen molar-refractivity contribution in [3.05, 3.63) is 58.1 Å². The Morgan fingerprint density at radius 1 is 0.895 bits per heavy atom. The van der Waals surface area contributed by atoms with E-state index in [0.717, 1.165) is 13.1 Å². The lowest BCUT2D eigenvalue weighted by molar-refractivity contribution is 0.369. The molecule has 0 unspecified atom stereocenters. The standard InChI is InChI=1S/C17H16BrN/c18-12-5-6-14-13-3-1-2-4-15(13)17(16(14)11-12)7-9-19-10-8-17/h1-6,11,19H,7-10H2. The van der Waals surface area contributed by atoms with Gasteiger partial charge in [0.05, 0.1) is 0 Å². The van der Waals surface area contributed by atoms with Crippen molar-refractivity contribution in [2.45, 2.75) is 18.3 Å². The molecule has 1 aliphatic heterocycles. The van der Waals surface area contributed by atoms with E-state index in [1.165, 1.54) is 39.6 Å². The second-order valence-electron chi connectivity index (χ2n) is 5.57. The number of rotatable bonds is 0. The lowest BCUT2D eigenvalue weighted by Gasteiger charge is -2.36. The Hall–Kier alpha value is -1.12. The van der Waals surface area contributed by atoms with Crippen molar-refractivity contribution >= 4 is 15.9 Å². The average molecular weight is 314 g/mol. The van der Waals surface area contributed by atoms with Crippen LogP contribution in [0.2, 0.25) is 0 Å². The van der Waals surface area contributed by atoms with Gasteiger partial charge in [-0.2, -0.15) is 0 Å². The maximum absolute atomic E-state index is 3.64. The normalized spacial score (nSPS) is 19.2. The van der Waals surface area contributed by atoms with E-state index in [2.05, 4.69) is 63.7 Å². The first-order chi connectivity index (χ1) is 9.31. The molecule has 1 fully saturated rings. The lowest BCUT2D eigenvalue weighted by Crippen LogP contribution is -2.39. The Balaban J connectivity index is 2.03. The number of fused-ring (bicyclic) bond motifs is 5. The molecule has 1 N–H and O–H groups in total. The fourth-order valence-electron chi connectivity index (χ4n) is 3.82. The Morgan fingerprint density at radius 2 is 1.63 bits per heavy atom. The van der Waals surface area contributed by atoms with E-state index in [1.54, 1.807) is 0 Å². The molecule has 19 heavy (non-hydrogen) atoms. The highest BCUT2D eigenvalue weighted by molar-refractivity contribution is 9.10. The van der Waals surface area contributed by atoms with Gasteiger partial charge < -0.3 is 5.32 Å². The highest BCUT2D eigenvalue weighted by Gasteiger charge is 2.43. The Morgan fingerprint density at radius 3 is 2.47 bits per heavy atom. The molecule has 1 aliphatic carbocycles. The molecule has 1 saturated heterocycles. The van der Waals surface area contributed by atoms with Gasteiger partial charge in [0.15, 0.2) is 0 Å². The number of halogens is 1. The third-order valence-corrected chi connectivity index (χ3v) is 5.18. The van der Waals surface area contributed by atoms with Gasteiger partial charge in [0.1, 0.15) is 0 Å². The molecule has 2 aromatic carbocycles. The van der Waals surface area contributed by atoms with Crippen molar-refractivity contribution in [2.24, 2.45) is 0 Å². The first-order valence-electron chi connectivity index (χ1n) is 6.92. The van der Waals surface area contributed by atoms with Crippen LogP contribution in [0.25, 0.3) is 11.1 Å². The van der Waals surface area contributed by atoms with Crippen LogP contribution in [-0.2, 0) is 5.41 Å². The SMILES string of the molecule is Brc1ccc2c(c1)C1(CCNCC1)c1ccccc1-2. The van der Waals surface area contributed by atoms with Gasteiger partial charge in [-0.15, -0.1) is 0 Å². The van der Waals surface area contributed by atoms with Crippen molar-refractivity contribution in [1.29, 1.82) is 0 Å². The molecule has 2 aliphatic rings. The van der Waals surface area contributed by atoms with E-state index >= 15 is 0 Å². The summed E-state index contributed by atoms with van der Waals surface area (Å²) in [6.07, 6.45) is 2.40. The van der Waals surface area contributed by atoms with Gasteiger partial charge >= 0.3 is 0 Å². The minimum absolute atomic E-state index is 0.237. The molecule has 96 valence electrons. The van der Waals surface area contributed by atoms with Gasteiger partial charge in [0.2, 0.25) is 0 Å². The molecule has 0 bridgehead atoms. The van der Waals surface area contributed by atoms with Gasteiger partial charge in [0, 0.05) is 9.89 Å². The molecular weight excluding hydrogens is 298 g/mol. The second kappa shape index (κ2) is 4.19. The summed E-state index contributed by atoms with van der Waals surface area (Å²) < 4.78 is 1.19. The summed E-state index contributed by atoms with van der Waals surface area (Å²) in [6, 6.07) is 15.7.